The van der Waals surface area contributed by atoms with Gasteiger partial charge < -0.3 is 5.11 Å². The molecule has 0 bridgehead atoms. The van der Waals surface area contributed by atoms with Crippen LogP contribution in [0.25, 0.3) is 0 Å². The molecule has 2 rings (SSSR count). The Morgan fingerprint density at radius 3 is 2.37 bits per heavy atom. The summed E-state index contributed by atoms with van der Waals surface area (Å²) in [6.45, 7) is 10.9. The first-order chi connectivity index (χ1) is 8.79. The second kappa shape index (κ2) is 4.84. The zero-order valence-corrected chi connectivity index (χ0v) is 13.0. The smallest absolute Gasteiger partial charge is 0.210 e. The van der Waals surface area contributed by atoms with Crippen molar-refractivity contribution in [2.45, 2.75) is 77.7 Å². The molecule has 1 N–H and O–H groups in total. The lowest BCUT2D eigenvalue weighted by molar-refractivity contribution is 0.255. The van der Waals surface area contributed by atoms with E-state index in [2.05, 4.69) is 34.6 Å². The lowest BCUT2D eigenvalue weighted by Gasteiger charge is -2.30. The van der Waals surface area contributed by atoms with Gasteiger partial charge in [0.05, 0.1) is 11.2 Å². The molecule has 3 heteroatoms. The Balaban J connectivity index is 2.33. The van der Waals surface area contributed by atoms with Gasteiger partial charge in [-0.1, -0.05) is 33.6 Å². The van der Waals surface area contributed by atoms with Crippen LogP contribution in [0.5, 0.6) is 5.88 Å². The maximum absolute atomic E-state index is 10.2. The Hall–Kier alpha value is -0.990. The van der Waals surface area contributed by atoms with Gasteiger partial charge in [-0.15, -0.1) is 0 Å². The molecule has 0 spiro atoms. The third kappa shape index (κ3) is 2.52. The highest BCUT2D eigenvalue weighted by Gasteiger charge is 2.37. The van der Waals surface area contributed by atoms with E-state index in [4.69, 9.17) is 5.10 Å². The molecule has 1 aromatic heterocycles. The standard InChI is InChI=1S/C16H28N2O/c1-6-15(2,3)18-14(19)11-13(17-18)16(4,5)12-9-7-8-10-12/h11-12,19H,6-10H2,1-5H3. The molecule has 1 aromatic rings. The highest BCUT2D eigenvalue weighted by atomic mass is 16.3. The summed E-state index contributed by atoms with van der Waals surface area (Å²) in [4.78, 5) is 0. The van der Waals surface area contributed by atoms with Crippen LogP contribution in [0, 0.1) is 5.92 Å². The molecule has 0 amide bonds. The summed E-state index contributed by atoms with van der Waals surface area (Å²) in [5.74, 6) is 0.993. The van der Waals surface area contributed by atoms with E-state index < -0.39 is 0 Å². The summed E-state index contributed by atoms with van der Waals surface area (Å²) < 4.78 is 1.79. The molecule has 3 nitrogen and oxygen atoms in total. The van der Waals surface area contributed by atoms with Crippen molar-refractivity contribution in [3.63, 3.8) is 0 Å². The van der Waals surface area contributed by atoms with Crippen molar-refractivity contribution >= 4 is 0 Å². The molecule has 0 aromatic carbocycles. The first-order valence-electron chi connectivity index (χ1n) is 7.59. The highest BCUT2D eigenvalue weighted by molar-refractivity contribution is 5.24. The fourth-order valence-electron chi connectivity index (χ4n) is 3.14. The molecule has 0 aliphatic heterocycles. The maximum atomic E-state index is 10.2. The van der Waals surface area contributed by atoms with Gasteiger partial charge in [0.25, 0.3) is 0 Å². The van der Waals surface area contributed by atoms with Crippen LogP contribution in [-0.2, 0) is 11.0 Å². The van der Waals surface area contributed by atoms with E-state index in [1.54, 1.807) is 4.68 Å². The van der Waals surface area contributed by atoms with Crippen molar-refractivity contribution in [1.82, 2.24) is 9.78 Å². The van der Waals surface area contributed by atoms with Crippen molar-refractivity contribution < 1.29 is 5.11 Å². The van der Waals surface area contributed by atoms with Crippen LogP contribution in [-0.4, -0.2) is 14.9 Å². The average Bonchev–Trinajstić information content (AvgIpc) is 2.97. The lowest BCUT2D eigenvalue weighted by atomic mass is 9.75. The predicted molar refractivity (Wildman–Crippen MR) is 78.5 cm³/mol. The van der Waals surface area contributed by atoms with Gasteiger partial charge in [0, 0.05) is 11.5 Å². The van der Waals surface area contributed by atoms with E-state index in [1.807, 2.05) is 6.07 Å². The van der Waals surface area contributed by atoms with Crippen LogP contribution in [0.15, 0.2) is 6.07 Å². The lowest BCUT2D eigenvalue weighted by Crippen LogP contribution is -2.30. The molecular formula is C16H28N2O. The third-order valence-electron chi connectivity index (χ3n) is 5.17. The van der Waals surface area contributed by atoms with Gasteiger partial charge in [0.15, 0.2) is 0 Å². The molecule has 0 radical (unpaired) electrons. The summed E-state index contributed by atoms with van der Waals surface area (Å²) >= 11 is 0. The van der Waals surface area contributed by atoms with Crippen LogP contribution in [0.4, 0.5) is 0 Å². The Bertz CT molecular complexity index is 440. The van der Waals surface area contributed by atoms with Crippen molar-refractivity contribution in [3.05, 3.63) is 11.8 Å². The number of hydrogen-bond acceptors (Lipinski definition) is 2. The van der Waals surface area contributed by atoms with Crippen molar-refractivity contribution in [2.24, 2.45) is 5.92 Å². The minimum Gasteiger partial charge on any atom is -0.493 e. The number of nitrogens with zero attached hydrogens (tertiary/aromatic N) is 2. The van der Waals surface area contributed by atoms with Crippen molar-refractivity contribution in [3.8, 4) is 5.88 Å². The topological polar surface area (TPSA) is 38.0 Å². The van der Waals surface area contributed by atoms with Crippen LogP contribution < -0.4 is 0 Å². The van der Waals surface area contributed by atoms with E-state index in [0.29, 0.717) is 11.8 Å². The van der Waals surface area contributed by atoms with Crippen LogP contribution >= 0.6 is 0 Å². The SMILES string of the molecule is CCC(C)(C)n1nc(C(C)(C)C2CCCC2)cc1O. The molecule has 1 fully saturated rings. The van der Waals surface area contributed by atoms with Gasteiger partial charge in [-0.3, -0.25) is 0 Å². The van der Waals surface area contributed by atoms with Gasteiger partial charge >= 0.3 is 0 Å². The van der Waals surface area contributed by atoms with Crippen LogP contribution in [0.2, 0.25) is 0 Å². The van der Waals surface area contributed by atoms with Crippen LogP contribution in [0.1, 0.15) is 72.4 Å². The minimum atomic E-state index is -0.131. The fraction of sp³-hybridized carbons (Fsp3) is 0.812. The zero-order valence-electron chi connectivity index (χ0n) is 13.0. The molecule has 0 atom stereocenters. The maximum Gasteiger partial charge on any atom is 0.210 e. The van der Waals surface area contributed by atoms with Gasteiger partial charge in [-0.05, 0) is 39.0 Å². The van der Waals surface area contributed by atoms with Gasteiger partial charge in [0.1, 0.15) is 0 Å². The normalized spacial score (nSPS) is 18.2. The molecule has 1 saturated carbocycles. The molecule has 19 heavy (non-hydrogen) atoms. The first-order valence-corrected chi connectivity index (χ1v) is 7.59. The number of rotatable bonds is 4. The summed E-state index contributed by atoms with van der Waals surface area (Å²) in [5, 5.41) is 14.9. The van der Waals surface area contributed by atoms with Gasteiger partial charge in [-0.25, -0.2) is 4.68 Å². The van der Waals surface area contributed by atoms with E-state index in [-0.39, 0.29) is 11.0 Å². The van der Waals surface area contributed by atoms with E-state index in [0.717, 1.165) is 12.1 Å². The molecule has 1 aliphatic rings. The fourth-order valence-corrected chi connectivity index (χ4v) is 3.14. The summed E-state index contributed by atoms with van der Waals surface area (Å²) in [6, 6.07) is 1.87. The zero-order chi connectivity index (χ0) is 14.3. The summed E-state index contributed by atoms with van der Waals surface area (Å²) in [6.07, 6.45) is 6.20. The molecule has 0 saturated heterocycles. The van der Waals surface area contributed by atoms with E-state index >= 15 is 0 Å². The molecule has 0 unspecified atom stereocenters. The Morgan fingerprint density at radius 1 is 1.26 bits per heavy atom. The number of aromatic hydroxyl groups is 1. The molecular weight excluding hydrogens is 236 g/mol. The quantitative estimate of drug-likeness (QED) is 0.885. The second-order valence-corrected chi connectivity index (χ2v) is 7.17. The minimum absolute atomic E-state index is 0.0586. The predicted octanol–water partition coefficient (Wildman–Crippen LogP) is 4.20. The van der Waals surface area contributed by atoms with E-state index in [1.165, 1.54) is 25.7 Å². The van der Waals surface area contributed by atoms with Gasteiger partial charge in [0.2, 0.25) is 5.88 Å². The average molecular weight is 264 g/mol. The van der Waals surface area contributed by atoms with Crippen LogP contribution in [0.3, 0.4) is 0 Å². The monoisotopic (exact) mass is 264 g/mol. The molecule has 1 aliphatic carbocycles. The Morgan fingerprint density at radius 2 is 1.84 bits per heavy atom. The summed E-state index contributed by atoms with van der Waals surface area (Å²) in [5.41, 5.74) is 0.968. The largest absolute Gasteiger partial charge is 0.493 e. The highest BCUT2D eigenvalue weighted by Crippen LogP contribution is 2.42. The van der Waals surface area contributed by atoms with E-state index in [9.17, 15) is 5.11 Å². The Kier molecular flexibility index (Phi) is 3.67. The first kappa shape index (κ1) is 14.4. The molecule has 108 valence electrons. The second-order valence-electron chi connectivity index (χ2n) is 7.17. The Labute approximate surface area is 117 Å². The van der Waals surface area contributed by atoms with Gasteiger partial charge in [-0.2, -0.15) is 5.10 Å². The number of hydrogen-bond donors (Lipinski definition) is 1. The summed E-state index contributed by atoms with van der Waals surface area (Å²) in [7, 11) is 0. The van der Waals surface area contributed by atoms with Crippen molar-refractivity contribution in [2.75, 3.05) is 0 Å². The number of aromatic nitrogens is 2. The molecule has 1 heterocycles. The van der Waals surface area contributed by atoms with Crippen molar-refractivity contribution in [1.29, 1.82) is 0 Å². The third-order valence-corrected chi connectivity index (χ3v) is 5.17.